The van der Waals surface area contributed by atoms with Gasteiger partial charge in [0, 0.05) is 13.1 Å². The molecule has 7 nitrogen and oxygen atoms in total. The number of nitrogens with zero attached hydrogens (tertiary/aromatic N) is 4. The summed E-state index contributed by atoms with van der Waals surface area (Å²) in [6, 6.07) is 7.16. The van der Waals surface area contributed by atoms with E-state index in [2.05, 4.69) is 10.4 Å². The maximum atomic E-state index is 11.9. The van der Waals surface area contributed by atoms with Crippen LogP contribution in [-0.4, -0.2) is 19.8 Å². The second-order valence-corrected chi connectivity index (χ2v) is 4.51. The first kappa shape index (κ1) is 12.0. The lowest BCUT2D eigenvalue weighted by Gasteiger charge is -2.08. The number of benzene rings is 1. The Morgan fingerprint density at radius 1 is 1.38 bits per heavy atom. The smallest absolute Gasteiger partial charge is 0.368 e. The fraction of sp³-hybridized carbons (Fsp3) is 0.214. The molecule has 3 rings (SSSR count). The Morgan fingerprint density at radius 3 is 2.95 bits per heavy atom. The molecule has 0 atom stereocenters. The van der Waals surface area contributed by atoms with Crippen LogP contribution in [0.4, 0.5) is 0 Å². The van der Waals surface area contributed by atoms with Crippen molar-refractivity contribution < 1.29 is 10.5 Å². The van der Waals surface area contributed by atoms with E-state index in [1.54, 1.807) is 24.3 Å². The molecule has 7 heteroatoms. The van der Waals surface area contributed by atoms with E-state index in [0.717, 1.165) is 14.9 Å². The molecule has 2 heterocycles. The van der Waals surface area contributed by atoms with Gasteiger partial charge in [-0.25, -0.2) is 4.79 Å². The molecule has 0 aliphatic heterocycles. The SMILES string of the molecule is [3H]c1ccc(OCc2occc2-n2nnn(C)c2=O)c(C)c1. The number of aromatic nitrogens is 4. The normalized spacial score (nSPS) is 11.4. The van der Waals surface area contributed by atoms with Crippen LogP contribution in [0, 0.1) is 6.92 Å². The molecule has 0 saturated carbocycles. The van der Waals surface area contributed by atoms with Gasteiger partial charge in [-0.15, -0.1) is 0 Å². The minimum atomic E-state index is -0.364. The summed E-state index contributed by atoms with van der Waals surface area (Å²) in [6.07, 6.45) is 1.47. The molecule has 0 radical (unpaired) electrons. The first-order chi connectivity index (χ1) is 10.6. The maximum Gasteiger partial charge on any atom is 0.368 e. The van der Waals surface area contributed by atoms with Crippen molar-refractivity contribution in [2.24, 2.45) is 7.05 Å². The average molecular weight is 288 g/mol. The highest BCUT2D eigenvalue weighted by molar-refractivity contribution is 5.35. The van der Waals surface area contributed by atoms with E-state index in [0.29, 0.717) is 23.2 Å². The molecule has 0 N–H and O–H groups in total. The van der Waals surface area contributed by atoms with Crippen molar-refractivity contribution in [1.82, 2.24) is 19.8 Å². The molecular weight excluding hydrogens is 272 g/mol. The highest BCUT2D eigenvalue weighted by Gasteiger charge is 2.14. The number of aryl methyl sites for hydroxylation is 2. The topological polar surface area (TPSA) is 75.1 Å². The van der Waals surface area contributed by atoms with Gasteiger partial charge in [0.2, 0.25) is 0 Å². The van der Waals surface area contributed by atoms with E-state index in [9.17, 15) is 4.79 Å². The monoisotopic (exact) mass is 288 g/mol. The molecule has 0 spiro atoms. The van der Waals surface area contributed by atoms with Crippen molar-refractivity contribution in [1.29, 1.82) is 0 Å². The summed E-state index contributed by atoms with van der Waals surface area (Å²) < 4.78 is 20.9. The Bertz CT molecular complexity index is 865. The Labute approximate surface area is 121 Å². The summed E-state index contributed by atoms with van der Waals surface area (Å²) in [6.45, 7) is 2.01. The lowest BCUT2D eigenvalue weighted by molar-refractivity contribution is 0.268. The molecular formula is C14H14N4O3. The van der Waals surface area contributed by atoms with Gasteiger partial charge in [0.15, 0.2) is 5.76 Å². The van der Waals surface area contributed by atoms with Crippen molar-refractivity contribution in [2.45, 2.75) is 13.5 Å². The highest BCUT2D eigenvalue weighted by Crippen LogP contribution is 2.20. The van der Waals surface area contributed by atoms with Crippen molar-refractivity contribution in [3.63, 3.8) is 0 Å². The Morgan fingerprint density at radius 2 is 2.24 bits per heavy atom. The molecule has 2 aromatic heterocycles. The van der Waals surface area contributed by atoms with Crippen molar-refractivity contribution in [3.8, 4) is 11.4 Å². The van der Waals surface area contributed by atoms with Crippen molar-refractivity contribution >= 4 is 0 Å². The molecule has 0 fully saturated rings. The third-order valence-electron chi connectivity index (χ3n) is 3.05. The largest absolute Gasteiger partial charge is 0.485 e. The summed E-state index contributed by atoms with van der Waals surface area (Å²) in [4.78, 5) is 11.9. The molecule has 0 amide bonds. The predicted molar refractivity (Wildman–Crippen MR) is 74.4 cm³/mol. The van der Waals surface area contributed by atoms with Gasteiger partial charge in [-0.05, 0) is 29.0 Å². The Hall–Kier alpha value is -2.83. The number of rotatable bonds is 4. The second-order valence-electron chi connectivity index (χ2n) is 4.51. The first-order valence-electron chi connectivity index (χ1n) is 6.82. The third kappa shape index (κ3) is 2.45. The van der Waals surface area contributed by atoms with Crippen LogP contribution in [0.25, 0.3) is 5.69 Å². The van der Waals surface area contributed by atoms with E-state index >= 15 is 0 Å². The van der Waals surface area contributed by atoms with Crippen LogP contribution in [0.1, 0.15) is 12.7 Å². The first-order valence-corrected chi connectivity index (χ1v) is 6.32. The van der Waals surface area contributed by atoms with E-state index in [4.69, 9.17) is 10.5 Å². The standard InChI is InChI=1S/C14H14N4O3/c1-10-5-3-4-6-12(10)21-9-13-11(7-8-20-13)18-14(19)17(2)15-16-18/h3-8H,9H2,1-2H3/i3T. The number of furan rings is 1. The number of hydrogen-bond acceptors (Lipinski definition) is 5. The number of tetrazole rings is 1. The quantitative estimate of drug-likeness (QED) is 0.726. The maximum absolute atomic E-state index is 11.9. The fourth-order valence-corrected chi connectivity index (χ4v) is 1.90. The van der Waals surface area contributed by atoms with Crippen LogP contribution < -0.4 is 10.4 Å². The number of hydrogen-bond donors (Lipinski definition) is 0. The summed E-state index contributed by atoms with van der Waals surface area (Å²) >= 11 is 0. The minimum absolute atomic E-state index is 0.142. The molecule has 0 unspecified atom stereocenters. The zero-order valence-electron chi connectivity index (χ0n) is 12.6. The molecule has 3 aromatic rings. The number of ether oxygens (including phenoxy) is 1. The third-order valence-corrected chi connectivity index (χ3v) is 3.05. The zero-order chi connectivity index (χ0) is 15.7. The Kier molecular flexibility index (Phi) is 3.00. The van der Waals surface area contributed by atoms with E-state index in [1.807, 2.05) is 6.92 Å². The van der Waals surface area contributed by atoms with Gasteiger partial charge in [-0.2, -0.15) is 9.36 Å². The number of para-hydroxylation sites is 1. The molecule has 0 aliphatic carbocycles. The zero-order valence-corrected chi connectivity index (χ0v) is 11.6. The summed E-state index contributed by atoms with van der Waals surface area (Å²) in [5.41, 5.74) is 0.988. The highest BCUT2D eigenvalue weighted by atomic mass is 16.5. The molecule has 21 heavy (non-hydrogen) atoms. The summed E-state index contributed by atoms with van der Waals surface area (Å²) in [5, 5.41) is 7.45. The lowest BCUT2D eigenvalue weighted by atomic mass is 10.2. The van der Waals surface area contributed by atoms with Gasteiger partial charge in [0.25, 0.3) is 0 Å². The lowest BCUT2D eigenvalue weighted by Crippen LogP contribution is -2.22. The fourth-order valence-electron chi connectivity index (χ4n) is 1.90. The van der Waals surface area contributed by atoms with Crippen LogP contribution in [0.5, 0.6) is 5.75 Å². The van der Waals surface area contributed by atoms with E-state index in [-0.39, 0.29) is 12.3 Å². The van der Waals surface area contributed by atoms with Gasteiger partial charge in [-0.1, -0.05) is 18.2 Å². The summed E-state index contributed by atoms with van der Waals surface area (Å²) in [7, 11) is 1.52. The molecule has 1 aromatic carbocycles. The molecule has 0 bridgehead atoms. The minimum Gasteiger partial charge on any atom is -0.485 e. The van der Waals surface area contributed by atoms with E-state index in [1.165, 1.54) is 13.3 Å². The van der Waals surface area contributed by atoms with Crippen molar-refractivity contribution in [3.05, 3.63) is 58.4 Å². The second kappa shape index (κ2) is 5.28. The van der Waals surface area contributed by atoms with Crippen LogP contribution in [0.2, 0.25) is 0 Å². The van der Waals surface area contributed by atoms with Crippen LogP contribution in [0.3, 0.4) is 0 Å². The van der Waals surface area contributed by atoms with Crippen LogP contribution in [-0.2, 0) is 13.7 Å². The Balaban J connectivity index is 1.84. The predicted octanol–water partition coefficient (Wildman–Crippen LogP) is 1.45. The average Bonchev–Trinajstić information content (AvgIpc) is 3.06. The summed E-state index contributed by atoms with van der Waals surface area (Å²) in [5.74, 6) is 1.13. The van der Waals surface area contributed by atoms with Gasteiger partial charge >= 0.3 is 5.69 Å². The van der Waals surface area contributed by atoms with Crippen LogP contribution in [0.15, 0.2) is 45.8 Å². The molecule has 108 valence electrons. The molecule has 0 saturated heterocycles. The van der Waals surface area contributed by atoms with E-state index < -0.39 is 0 Å². The van der Waals surface area contributed by atoms with Gasteiger partial charge in [0.1, 0.15) is 18.0 Å². The van der Waals surface area contributed by atoms with Gasteiger partial charge in [-0.3, -0.25) is 0 Å². The van der Waals surface area contributed by atoms with Gasteiger partial charge < -0.3 is 9.15 Å². The van der Waals surface area contributed by atoms with Gasteiger partial charge in [0.05, 0.1) is 7.63 Å². The van der Waals surface area contributed by atoms with Crippen LogP contribution >= 0.6 is 0 Å². The molecule has 0 aliphatic rings. The van der Waals surface area contributed by atoms with Crippen molar-refractivity contribution in [2.75, 3.05) is 0 Å².